The summed E-state index contributed by atoms with van der Waals surface area (Å²) in [5.41, 5.74) is 4.11. The number of pyridine rings is 1. The zero-order valence-corrected chi connectivity index (χ0v) is 11.3. The summed E-state index contributed by atoms with van der Waals surface area (Å²) in [5, 5.41) is 7.66. The van der Waals surface area contributed by atoms with Gasteiger partial charge < -0.3 is 9.88 Å². The largest absolute Gasteiger partial charge is 0.350 e. The van der Waals surface area contributed by atoms with Gasteiger partial charge >= 0.3 is 0 Å². The highest BCUT2D eigenvalue weighted by molar-refractivity contribution is 5.77. The van der Waals surface area contributed by atoms with E-state index in [1.807, 2.05) is 42.5 Å². The number of hydrogen-bond acceptors (Lipinski definition) is 4. The van der Waals surface area contributed by atoms with Gasteiger partial charge in [0.15, 0.2) is 0 Å². The van der Waals surface area contributed by atoms with Crippen LogP contribution in [-0.2, 0) is 20.6 Å². The van der Waals surface area contributed by atoms with Crippen LogP contribution in [0.25, 0.3) is 11.0 Å². The minimum absolute atomic E-state index is 0.696. The van der Waals surface area contributed by atoms with Gasteiger partial charge in [-0.1, -0.05) is 0 Å². The van der Waals surface area contributed by atoms with Crippen molar-refractivity contribution in [2.45, 2.75) is 13.5 Å². The molecule has 0 spiro atoms. The molecule has 98 valence electrons. The Bertz CT molecular complexity index is 724. The summed E-state index contributed by atoms with van der Waals surface area (Å²) in [7, 11) is 3.93. The van der Waals surface area contributed by atoms with E-state index in [0.29, 0.717) is 6.54 Å². The highest BCUT2D eigenvalue weighted by atomic mass is 15.3. The van der Waals surface area contributed by atoms with E-state index < -0.39 is 0 Å². The second kappa shape index (κ2) is 4.38. The van der Waals surface area contributed by atoms with Crippen molar-refractivity contribution in [3.05, 3.63) is 35.9 Å². The van der Waals surface area contributed by atoms with Gasteiger partial charge in [-0.2, -0.15) is 5.10 Å². The minimum Gasteiger partial charge on any atom is -0.350 e. The predicted octanol–water partition coefficient (Wildman–Crippen LogP) is 1.62. The van der Waals surface area contributed by atoms with Crippen molar-refractivity contribution >= 4 is 17.0 Å². The lowest BCUT2D eigenvalue weighted by Gasteiger charge is -2.06. The van der Waals surface area contributed by atoms with Crippen LogP contribution in [0.15, 0.2) is 24.5 Å². The Kier molecular flexibility index (Phi) is 2.70. The third kappa shape index (κ3) is 2.05. The molecular formula is C13H16N6. The van der Waals surface area contributed by atoms with E-state index >= 15 is 0 Å². The molecule has 0 saturated heterocycles. The average Bonchev–Trinajstić information content (AvgIpc) is 2.88. The highest BCUT2D eigenvalue weighted by Gasteiger charge is 2.08. The number of nitrogens with one attached hydrogen (secondary N) is 1. The molecule has 1 N–H and O–H groups in total. The van der Waals surface area contributed by atoms with Crippen molar-refractivity contribution in [1.82, 2.24) is 24.3 Å². The van der Waals surface area contributed by atoms with Crippen molar-refractivity contribution in [1.29, 1.82) is 0 Å². The van der Waals surface area contributed by atoms with E-state index in [4.69, 9.17) is 0 Å². The van der Waals surface area contributed by atoms with Gasteiger partial charge in [-0.3, -0.25) is 9.67 Å². The number of rotatable bonds is 3. The zero-order chi connectivity index (χ0) is 13.4. The smallest absolute Gasteiger partial charge is 0.203 e. The Balaban J connectivity index is 1.86. The molecule has 0 aromatic carbocycles. The number of hydrogen-bond donors (Lipinski definition) is 1. The third-order valence-corrected chi connectivity index (χ3v) is 3.21. The molecule has 3 rings (SSSR count). The van der Waals surface area contributed by atoms with Gasteiger partial charge in [-0.25, -0.2) is 4.98 Å². The molecule has 6 nitrogen and oxygen atoms in total. The molecule has 0 radical (unpaired) electrons. The molecule has 0 amide bonds. The third-order valence-electron chi connectivity index (χ3n) is 3.21. The van der Waals surface area contributed by atoms with E-state index in [1.165, 1.54) is 0 Å². The van der Waals surface area contributed by atoms with Crippen molar-refractivity contribution in [3.63, 3.8) is 0 Å². The van der Waals surface area contributed by atoms with Crippen molar-refractivity contribution in [2.24, 2.45) is 14.1 Å². The Morgan fingerprint density at radius 3 is 2.84 bits per heavy atom. The maximum absolute atomic E-state index is 4.55. The zero-order valence-electron chi connectivity index (χ0n) is 11.3. The van der Waals surface area contributed by atoms with Gasteiger partial charge in [0, 0.05) is 20.3 Å². The Hall–Kier alpha value is -2.37. The van der Waals surface area contributed by atoms with Crippen LogP contribution in [0.5, 0.6) is 0 Å². The number of nitrogens with zero attached hydrogens (tertiary/aromatic N) is 5. The second-order valence-electron chi connectivity index (χ2n) is 4.61. The van der Waals surface area contributed by atoms with Crippen LogP contribution in [0, 0.1) is 6.92 Å². The molecule has 0 aliphatic carbocycles. The van der Waals surface area contributed by atoms with E-state index in [2.05, 4.69) is 26.4 Å². The summed E-state index contributed by atoms with van der Waals surface area (Å²) in [6.45, 7) is 2.69. The normalized spacial score (nSPS) is 11.1. The molecule has 3 heterocycles. The molecular weight excluding hydrogens is 240 g/mol. The molecule has 0 aliphatic rings. The predicted molar refractivity (Wildman–Crippen MR) is 73.8 cm³/mol. The average molecular weight is 256 g/mol. The highest BCUT2D eigenvalue weighted by Crippen LogP contribution is 2.17. The fraction of sp³-hybridized carbons (Fsp3) is 0.308. The monoisotopic (exact) mass is 256 g/mol. The quantitative estimate of drug-likeness (QED) is 0.773. The lowest BCUT2D eigenvalue weighted by atomic mass is 10.4. The molecule has 0 bridgehead atoms. The number of fused-ring (bicyclic) bond motifs is 1. The first-order valence-electron chi connectivity index (χ1n) is 6.15. The number of anilines is 1. The standard InChI is InChI=1S/C13H16N6/c1-9-6-10(19(3)17-9)7-15-13-16-11-4-5-14-8-12(11)18(13)2/h4-6,8H,7H2,1-3H3,(H,15,16). The number of imidazole rings is 1. The number of aryl methyl sites for hydroxylation is 3. The van der Waals surface area contributed by atoms with E-state index in [9.17, 15) is 0 Å². The van der Waals surface area contributed by atoms with Crippen LogP contribution in [0.1, 0.15) is 11.4 Å². The molecule has 0 atom stereocenters. The molecule has 3 aromatic heterocycles. The Morgan fingerprint density at radius 1 is 1.32 bits per heavy atom. The SMILES string of the molecule is Cc1cc(CNc2nc3ccncc3n2C)n(C)n1. The molecule has 19 heavy (non-hydrogen) atoms. The van der Waals surface area contributed by atoms with Crippen LogP contribution in [0.2, 0.25) is 0 Å². The summed E-state index contributed by atoms with van der Waals surface area (Å²) in [6.07, 6.45) is 3.57. The summed E-state index contributed by atoms with van der Waals surface area (Å²) in [6, 6.07) is 3.98. The molecule has 0 unspecified atom stereocenters. The summed E-state index contributed by atoms with van der Waals surface area (Å²) in [5.74, 6) is 0.835. The minimum atomic E-state index is 0.696. The molecule has 6 heteroatoms. The van der Waals surface area contributed by atoms with Crippen molar-refractivity contribution in [3.8, 4) is 0 Å². The maximum atomic E-state index is 4.55. The maximum Gasteiger partial charge on any atom is 0.203 e. The Labute approximate surface area is 111 Å². The van der Waals surface area contributed by atoms with E-state index in [0.717, 1.165) is 28.4 Å². The van der Waals surface area contributed by atoms with Crippen LogP contribution in [-0.4, -0.2) is 24.3 Å². The summed E-state index contributed by atoms with van der Waals surface area (Å²) >= 11 is 0. The van der Waals surface area contributed by atoms with Crippen molar-refractivity contribution in [2.75, 3.05) is 5.32 Å². The topological polar surface area (TPSA) is 60.6 Å². The first-order valence-corrected chi connectivity index (χ1v) is 6.15. The van der Waals surface area contributed by atoms with Gasteiger partial charge in [0.25, 0.3) is 0 Å². The van der Waals surface area contributed by atoms with Gasteiger partial charge in [-0.05, 0) is 19.1 Å². The molecule has 0 aliphatic heterocycles. The fourth-order valence-electron chi connectivity index (χ4n) is 2.19. The van der Waals surface area contributed by atoms with E-state index in [1.54, 1.807) is 6.20 Å². The summed E-state index contributed by atoms with van der Waals surface area (Å²) in [4.78, 5) is 8.67. The Morgan fingerprint density at radius 2 is 2.16 bits per heavy atom. The summed E-state index contributed by atoms with van der Waals surface area (Å²) < 4.78 is 3.89. The fourth-order valence-corrected chi connectivity index (χ4v) is 2.19. The van der Waals surface area contributed by atoms with Crippen LogP contribution in [0.4, 0.5) is 5.95 Å². The van der Waals surface area contributed by atoms with Gasteiger partial charge in [-0.15, -0.1) is 0 Å². The lowest BCUT2D eigenvalue weighted by molar-refractivity contribution is 0.711. The van der Waals surface area contributed by atoms with Gasteiger partial charge in [0.05, 0.1) is 35.2 Å². The molecule has 3 aromatic rings. The van der Waals surface area contributed by atoms with Gasteiger partial charge in [0.1, 0.15) is 0 Å². The first kappa shape index (κ1) is 11.7. The van der Waals surface area contributed by atoms with Crippen LogP contribution < -0.4 is 5.32 Å². The second-order valence-corrected chi connectivity index (χ2v) is 4.61. The van der Waals surface area contributed by atoms with Gasteiger partial charge in [0.2, 0.25) is 5.95 Å². The molecule has 0 saturated carbocycles. The lowest BCUT2D eigenvalue weighted by Crippen LogP contribution is -2.08. The molecule has 0 fully saturated rings. The van der Waals surface area contributed by atoms with Crippen molar-refractivity contribution < 1.29 is 0 Å². The van der Waals surface area contributed by atoms with Crippen LogP contribution >= 0.6 is 0 Å². The first-order chi connectivity index (χ1) is 9.15. The van der Waals surface area contributed by atoms with Crippen LogP contribution in [0.3, 0.4) is 0 Å². The number of aromatic nitrogens is 5. The van der Waals surface area contributed by atoms with E-state index in [-0.39, 0.29) is 0 Å².